The van der Waals surface area contributed by atoms with Crippen LogP contribution in [0.3, 0.4) is 0 Å². The zero-order valence-electron chi connectivity index (χ0n) is 16.8. The topological polar surface area (TPSA) is 103 Å². The molecule has 1 saturated heterocycles. The minimum Gasteiger partial charge on any atom is -0.481 e. The number of benzene rings is 3. The number of carbonyl (C=O) groups is 2. The molecule has 0 aliphatic carbocycles. The van der Waals surface area contributed by atoms with E-state index in [9.17, 15) is 9.59 Å². The highest BCUT2D eigenvalue weighted by Crippen LogP contribution is 2.29. The van der Waals surface area contributed by atoms with Gasteiger partial charge in [-0.25, -0.2) is 4.99 Å². The van der Waals surface area contributed by atoms with E-state index in [1.165, 1.54) is 11.8 Å². The Hall–Kier alpha value is -4.15. The van der Waals surface area contributed by atoms with Crippen molar-refractivity contribution >= 4 is 40.6 Å². The zero-order valence-corrected chi connectivity index (χ0v) is 17.6. The van der Waals surface area contributed by atoms with Gasteiger partial charge in [0.2, 0.25) is 0 Å². The predicted octanol–water partition coefficient (Wildman–Crippen LogP) is 4.74. The van der Waals surface area contributed by atoms with Gasteiger partial charge in [-0.3, -0.25) is 9.59 Å². The average molecular weight is 439 g/mol. The molecule has 1 heterocycles. The van der Waals surface area contributed by atoms with E-state index in [0.29, 0.717) is 26.9 Å². The summed E-state index contributed by atoms with van der Waals surface area (Å²) >= 11 is 1.25. The summed E-state index contributed by atoms with van der Waals surface area (Å²) < 4.78 is 0. The predicted molar refractivity (Wildman–Crippen MR) is 125 cm³/mol. The molecular formula is C25H17N3O3S. The Morgan fingerprint density at radius 1 is 1.00 bits per heavy atom. The molecule has 0 aromatic heterocycles. The van der Waals surface area contributed by atoms with Crippen LogP contribution < -0.4 is 5.32 Å². The third kappa shape index (κ3) is 5.12. The van der Waals surface area contributed by atoms with Crippen molar-refractivity contribution in [3.8, 4) is 17.2 Å². The van der Waals surface area contributed by atoms with Gasteiger partial charge >= 0.3 is 5.97 Å². The summed E-state index contributed by atoms with van der Waals surface area (Å²) in [6.07, 6.45) is 1.76. The van der Waals surface area contributed by atoms with Crippen molar-refractivity contribution in [3.05, 3.63) is 94.4 Å². The SMILES string of the molecule is N#Cc1ccc(-c2ccc(/C=C3/SC(=Nc4ccc(CC(=O)O)cc4)NC3=O)cc2)cc1. The van der Waals surface area contributed by atoms with Crippen LogP contribution in [-0.2, 0) is 16.0 Å². The van der Waals surface area contributed by atoms with E-state index >= 15 is 0 Å². The number of rotatable bonds is 5. The van der Waals surface area contributed by atoms with Crippen LogP contribution in [0.2, 0.25) is 0 Å². The Balaban J connectivity index is 1.46. The molecule has 4 rings (SSSR count). The number of hydrogen-bond acceptors (Lipinski definition) is 5. The van der Waals surface area contributed by atoms with Gasteiger partial charge < -0.3 is 10.4 Å². The molecule has 1 aliphatic rings. The molecule has 0 saturated carbocycles. The summed E-state index contributed by atoms with van der Waals surface area (Å²) in [7, 11) is 0. The normalized spacial score (nSPS) is 15.5. The molecule has 1 fully saturated rings. The fourth-order valence-corrected chi connectivity index (χ4v) is 3.96. The summed E-state index contributed by atoms with van der Waals surface area (Å²) in [6.45, 7) is 0. The highest BCUT2D eigenvalue weighted by molar-refractivity contribution is 8.18. The molecular weight excluding hydrogens is 422 g/mol. The second kappa shape index (κ2) is 9.33. The van der Waals surface area contributed by atoms with Gasteiger partial charge in [-0.1, -0.05) is 48.5 Å². The van der Waals surface area contributed by atoms with Crippen molar-refractivity contribution < 1.29 is 14.7 Å². The lowest BCUT2D eigenvalue weighted by Crippen LogP contribution is -2.19. The van der Waals surface area contributed by atoms with Gasteiger partial charge in [-0.2, -0.15) is 5.26 Å². The maximum atomic E-state index is 12.3. The number of aliphatic imine (C=N–C) groups is 1. The number of hydrogen-bond donors (Lipinski definition) is 2. The van der Waals surface area contributed by atoms with Crippen molar-refractivity contribution in [2.24, 2.45) is 4.99 Å². The Kier molecular flexibility index (Phi) is 6.15. The largest absolute Gasteiger partial charge is 0.481 e. The fourth-order valence-electron chi connectivity index (χ4n) is 3.12. The van der Waals surface area contributed by atoms with E-state index in [-0.39, 0.29) is 12.3 Å². The van der Waals surface area contributed by atoms with Gasteiger partial charge in [0, 0.05) is 0 Å². The third-order valence-electron chi connectivity index (χ3n) is 4.73. The fraction of sp³-hybridized carbons (Fsp3) is 0.0400. The van der Waals surface area contributed by atoms with Gasteiger partial charge in [-0.05, 0) is 64.4 Å². The van der Waals surface area contributed by atoms with E-state index in [1.807, 2.05) is 36.4 Å². The van der Waals surface area contributed by atoms with Crippen LogP contribution in [0.5, 0.6) is 0 Å². The van der Waals surface area contributed by atoms with Crippen molar-refractivity contribution in [1.82, 2.24) is 5.32 Å². The number of aliphatic carboxylic acids is 1. The quantitative estimate of drug-likeness (QED) is 0.559. The summed E-state index contributed by atoms with van der Waals surface area (Å²) in [5, 5.41) is 21.0. The molecule has 0 atom stereocenters. The molecule has 0 radical (unpaired) electrons. The van der Waals surface area contributed by atoms with E-state index in [0.717, 1.165) is 16.7 Å². The van der Waals surface area contributed by atoms with Gasteiger partial charge in [-0.15, -0.1) is 0 Å². The molecule has 3 aromatic rings. The lowest BCUT2D eigenvalue weighted by molar-refractivity contribution is -0.136. The van der Waals surface area contributed by atoms with E-state index in [4.69, 9.17) is 10.4 Å². The van der Waals surface area contributed by atoms with Crippen LogP contribution in [0, 0.1) is 11.3 Å². The first-order valence-electron chi connectivity index (χ1n) is 9.71. The van der Waals surface area contributed by atoms with Crippen LogP contribution in [-0.4, -0.2) is 22.2 Å². The minimum atomic E-state index is -0.887. The molecule has 7 heteroatoms. The second-order valence-corrected chi connectivity index (χ2v) is 8.06. The van der Waals surface area contributed by atoms with E-state index in [2.05, 4.69) is 16.4 Å². The lowest BCUT2D eigenvalue weighted by Gasteiger charge is -2.03. The molecule has 1 aliphatic heterocycles. The van der Waals surface area contributed by atoms with Crippen LogP contribution in [0.25, 0.3) is 17.2 Å². The molecule has 0 spiro atoms. The number of nitrogens with one attached hydrogen (secondary N) is 1. The minimum absolute atomic E-state index is 0.0425. The smallest absolute Gasteiger partial charge is 0.307 e. The number of amides is 1. The summed E-state index contributed by atoms with van der Waals surface area (Å²) in [5.74, 6) is -1.10. The average Bonchev–Trinajstić information content (AvgIpc) is 3.14. The molecule has 2 N–H and O–H groups in total. The third-order valence-corrected chi connectivity index (χ3v) is 5.64. The number of nitriles is 1. The highest BCUT2D eigenvalue weighted by atomic mass is 32.2. The number of carbonyl (C=O) groups excluding carboxylic acids is 1. The number of carboxylic acid groups (broad SMARTS) is 1. The Bertz CT molecular complexity index is 1270. The van der Waals surface area contributed by atoms with Gasteiger partial charge in [0.1, 0.15) is 0 Å². The van der Waals surface area contributed by atoms with E-state index < -0.39 is 5.97 Å². The zero-order chi connectivity index (χ0) is 22.5. The lowest BCUT2D eigenvalue weighted by atomic mass is 10.0. The molecule has 0 unspecified atom stereocenters. The molecule has 32 heavy (non-hydrogen) atoms. The standard InChI is InChI=1S/C25H17N3O3S/c26-15-18-3-9-20(10-4-18)19-7-1-16(2-8-19)13-22-24(31)28-25(32-22)27-21-11-5-17(6-12-21)14-23(29)30/h1-13H,14H2,(H,29,30)(H,27,28,31)/b22-13+. The Labute approximate surface area is 188 Å². The molecule has 156 valence electrons. The number of nitrogens with zero attached hydrogens (tertiary/aromatic N) is 2. The van der Waals surface area contributed by atoms with E-state index in [1.54, 1.807) is 42.5 Å². The van der Waals surface area contributed by atoms with Crippen molar-refractivity contribution in [3.63, 3.8) is 0 Å². The summed E-state index contributed by atoms with van der Waals surface area (Å²) in [6, 6.07) is 24.2. The first kappa shape index (κ1) is 21.1. The summed E-state index contributed by atoms with van der Waals surface area (Å²) in [4.78, 5) is 28.1. The van der Waals surface area contributed by atoms with Gasteiger partial charge in [0.15, 0.2) is 5.17 Å². The van der Waals surface area contributed by atoms with Crippen molar-refractivity contribution in [2.45, 2.75) is 6.42 Å². The highest BCUT2D eigenvalue weighted by Gasteiger charge is 2.23. The van der Waals surface area contributed by atoms with Crippen molar-refractivity contribution in [2.75, 3.05) is 0 Å². The van der Waals surface area contributed by atoms with Gasteiger partial charge in [0.05, 0.1) is 28.6 Å². The molecule has 3 aromatic carbocycles. The number of carboxylic acids is 1. The van der Waals surface area contributed by atoms with Gasteiger partial charge in [0.25, 0.3) is 5.91 Å². The first-order valence-corrected chi connectivity index (χ1v) is 10.5. The van der Waals surface area contributed by atoms with Crippen LogP contribution in [0.4, 0.5) is 5.69 Å². The van der Waals surface area contributed by atoms with Crippen LogP contribution >= 0.6 is 11.8 Å². The van der Waals surface area contributed by atoms with Crippen molar-refractivity contribution in [1.29, 1.82) is 5.26 Å². The number of thioether (sulfide) groups is 1. The number of amidine groups is 1. The maximum absolute atomic E-state index is 12.3. The maximum Gasteiger partial charge on any atom is 0.307 e. The second-order valence-electron chi connectivity index (χ2n) is 7.03. The Morgan fingerprint density at radius 3 is 2.22 bits per heavy atom. The summed E-state index contributed by atoms with van der Waals surface area (Å²) in [5.41, 5.74) is 4.87. The van der Waals surface area contributed by atoms with Crippen LogP contribution in [0.15, 0.2) is 82.7 Å². The first-order chi connectivity index (χ1) is 15.5. The van der Waals surface area contributed by atoms with Crippen LogP contribution in [0.1, 0.15) is 16.7 Å². The molecule has 1 amide bonds. The molecule has 6 nitrogen and oxygen atoms in total. The monoisotopic (exact) mass is 439 g/mol. The Morgan fingerprint density at radius 2 is 1.62 bits per heavy atom. The molecule has 0 bridgehead atoms.